The number of aliphatic hydroxyl groups is 1. The summed E-state index contributed by atoms with van der Waals surface area (Å²) in [6, 6.07) is 13.1. The second-order valence-electron chi connectivity index (χ2n) is 11.7. The van der Waals surface area contributed by atoms with Crippen LogP contribution >= 0.6 is 11.6 Å². The molecule has 0 aliphatic carbocycles. The largest absolute Gasteiger partial charge is 0.481 e. The third-order valence-corrected chi connectivity index (χ3v) is 8.92. The highest BCUT2D eigenvalue weighted by molar-refractivity contribution is 6.35. The van der Waals surface area contributed by atoms with E-state index in [9.17, 15) is 9.90 Å². The predicted molar refractivity (Wildman–Crippen MR) is 175 cm³/mol. The fourth-order valence-corrected chi connectivity index (χ4v) is 6.33. The van der Waals surface area contributed by atoms with E-state index in [0.29, 0.717) is 78.1 Å². The van der Waals surface area contributed by atoms with Crippen molar-refractivity contribution in [3.63, 3.8) is 0 Å². The van der Waals surface area contributed by atoms with E-state index in [1.54, 1.807) is 25.6 Å². The van der Waals surface area contributed by atoms with Crippen LogP contribution in [0.4, 0.5) is 15.9 Å². The van der Waals surface area contributed by atoms with E-state index >= 15 is 4.39 Å². The molecule has 0 bridgehead atoms. The van der Waals surface area contributed by atoms with E-state index in [-0.39, 0.29) is 23.9 Å². The zero-order valence-electron chi connectivity index (χ0n) is 25.8. The summed E-state index contributed by atoms with van der Waals surface area (Å²) in [7, 11) is 1.58. The summed E-state index contributed by atoms with van der Waals surface area (Å²) in [5.74, 6) is 0.281. The number of β-amino-alcohol motifs (C(OH)–C–C–N with tert-alkyl or cyclic N) is 1. The minimum atomic E-state index is -0.421. The fourth-order valence-electron chi connectivity index (χ4n) is 6.02. The van der Waals surface area contributed by atoms with E-state index in [4.69, 9.17) is 21.3 Å². The van der Waals surface area contributed by atoms with Gasteiger partial charge in [0, 0.05) is 85.5 Å². The molecular weight excluding hydrogens is 609 g/mol. The lowest BCUT2D eigenvalue weighted by Gasteiger charge is -2.18. The summed E-state index contributed by atoms with van der Waals surface area (Å²) in [4.78, 5) is 27.1. The molecule has 2 fully saturated rings. The Bertz CT molecular complexity index is 1740. The summed E-state index contributed by atoms with van der Waals surface area (Å²) < 4.78 is 21.1. The standard InChI is InChI=1S/C34H37ClFN7O3/c1-20-25(4-3-5-27(20)41-33-31(36)22(10-13-39-33)18-43-15-12-24(44)19-43)32-30(35)26(11-14-38-32)28-8-6-21(34(42-28)46-2)16-37-17-23-7-9-29(45)40-23/h3-6,8,10-11,13-14,23-24,37,44H,7,9,12,15-19H2,1-2H3,(H,39,41)(H,40,45)/t23-,24-/m1/s1. The van der Waals surface area contributed by atoms with Crippen molar-refractivity contribution in [1.29, 1.82) is 0 Å². The van der Waals surface area contributed by atoms with Crippen molar-refractivity contribution in [2.75, 3.05) is 32.1 Å². The summed E-state index contributed by atoms with van der Waals surface area (Å²) in [6.07, 6.45) is 4.99. The number of aromatic nitrogens is 3. The average molecular weight is 646 g/mol. The Morgan fingerprint density at radius 2 is 1.96 bits per heavy atom. The van der Waals surface area contributed by atoms with Crippen molar-refractivity contribution in [1.82, 2.24) is 30.5 Å². The van der Waals surface area contributed by atoms with Crippen LogP contribution < -0.4 is 20.7 Å². The topological polar surface area (TPSA) is 125 Å². The van der Waals surface area contributed by atoms with E-state index in [1.165, 1.54) is 0 Å². The van der Waals surface area contributed by atoms with Crippen molar-refractivity contribution in [3.8, 4) is 28.4 Å². The van der Waals surface area contributed by atoms with Gasteiger partial charge in [0.1, 0.15) is 0 Å². The summed E-state index contributed by atoms with van der Waals surface area (Å²) >= 11 is 7.00. The number of hydrogen-bond acceptors (Lipinski definition) is 9. The molecule has 4 N–H and O–H groups in total. The number of aliphatic hydroxyl groups excluding tert-OH is 1. The summed E-state index contributed by atoms with van der Waals surface area (Å²) in [5, 5.41) is 19.8. The third-order valence-electron chi connectivity index (χ3n) is 8.54. The highest BCUT2D eigenvalue weighted by Gasteiger charge is 2.23. The number of nitrogens with one attached hydrogen (secondary N) is 3. The molecule has 2 aliphatic rings. The van der Waals surface area contributed by atoms with Crippen molar-refractivity contribution < 1.29 is 19.0 Å². The highest BCUT2D eigenvalue weighted by atomic mass is 35.5. The van der Waals surface area contributed by atoms with Crippen LogP contribution in [0.1, 0.15) is 36.0 Å². The number of ether oxygens (including phenoxy) is 1. The molecule has 4 aromatic rings. The molecule has 1 amide bonds. The zero-order valence-corrected chi connectivity index (χ0v) is 26.6. The Kier molecular flexibility index (Phi) is 9.74. The van der Waals surface area contributed by atoms with Gasteiger partial charge in [-0.15, -0.1) is 0 Å². The number of anilines is 2. The van der Waals surface area contributed by atoms with E-state index < -0.39 is 5.82 Å². The number of nitrogens with zero attached hydrogens (tertiary/aromatic N) is 4. The molecule has 240 valence electrons. The molecule has 2 aliphatic heterocycles. The van der Waals surface area contributed by atoms with Crippen molar-refractivity contribution in [2.24, 2.45) is 0 Å². The summed E-state index contributed by atoms with van der Waals surface area (Å²) in [5.41, 5.74) is 5.60. The summed E-state index contributed by atoms with van der Waals surface area (Å²) in [6.45, 7) is 4.80. The molecular formula is C34H37ClFN7O3. The van der Waals surface area contributed by atoms with E-state index in [1.807, 2.05) is 48.2 Å². The minimum Gasteiger partial charge on any atom is -0.481 e. The Hall–Kier alpha value is -4.16. The number of amides is 1. The number of methoxy groups -OCH3 is 1. The van der Waals surface area contributed by atoms with Gasteiger partial charge >= 0.3 is 0 Å². The van der Waals surface area contributed by atoms with Gasteiger partial charge in [-0.25, -0.2) is 14.4 Å². The second kappa shape index (κ2) is 14.1. The molecule has 6 rings (SSSR count). The molecule has 10 nitrogen and oxygen atoms in total. The maximum atomic E-state index is 15.5. The molecule has 0 radical (unpaired) electrons. The van der Waals surface area contributed by atoms with Crippen LogP contribution in [0.15, 0.2) is 54.9 Å². The molecule has 3 aromatic heterocycles. The predicted octanol–water partition coefficient (Wildman–Crippen LogP) is 4.99. The number of rotatable bonds is 11. The maximum absolute atomic E-state index is 15.5. The Labute approximate surface area is 272 Å². The van der Waals surface area contributed by atoms with Gasteiger partial charge in [-0.3, -0.25) is 14.7 Å². The lowest BCUT2D eigenvalue weighted by molar-refractivity contribution is -0.119. The third kappa shape index (κ3) is 6.97. The first-order valence-corrected chi connectivity index (χ1v) is 15.8. The SMILES string of the molecule is COc1nc(-c2ccnc(-c3cccc(Nc4nccc(CN5CC[C@@H](O)C5)c4F)c3C)c2Cl)ccc1CNC[C@H]1CCC(=O)N1. The lowest BCUT2D eigenvalue weighted by Crippen LogP contribution is -2.35. The van der Waals surface area contributed by atoms with Crippen molar-refractivity contribution >= 4 is 29.0 Å². The van der Waals surface area contributed by atoms with Crippen molar-refractivity contribution in [3.05, 3.63) is 82.4 Å². The first-order valence-electron chi connectivity index (χ1n) is 15.4. The van der Waals surface area contributed by atoms with Gasteiger partial charge in [-0.2, -0.15) is 0 Å². The Morgan fingerprint density at radius 1 is 1.11 bits per heavy atom. The van der Waals surface area contributed by atoms with Crippen molar-refractivity contribution in [2.45, 2.75) is 51.4 Å². The van der Waals surface area contributed by atoms with Gasteiger partial charge in [0.2, 0.25) is 11.8 Å². The van der Waals surface area contributed by atoms with Crippen LogP contribution in [-0.4, -0.2) is 69.8 Å². The molecule has 0 spiro atoms. The number of halogens is 2. The number of carbonyl (C=O) groups is 1. The Morgan fingerprint density at radius 3 is 2.72 bits per heavy atom. The van der Waals surface area contributed by atoms with Crippen LogP contribution in [0.2, 0.25) is 5.02 Å². The van der Waals surface area contributed by atoms with Crippen LogP contribution in [-0.2, 0) is 17.9 Å². The second-order valence-corrected chi connectivity index (χ2v) is 12.1. The van der Waals surface area contributed by atoms with Crippen LogP contribution in [0.25, 0.3) is 22.5 Å². The number of hydrogen-bond donors (Lipinski definition) is 4. The van der Waals surface area contributed by atoms with Crippen LogP contribution in [0.5, 0.6) is 5.88 Å². The molecule has 2 atom stereocenters. The first kappa shape index (κ1) is 31.8. The highest BCUT2D eigenvalue weighted by Crippen LogP contribution is 2.38. The monoisotopic (exact) mass is 645 g/mol. The van der Waals surface area contributed by atoms with Gasteiger partial charge in [-0.1, -0.05) is 29.8 Å². The van der Waals surface area contributed by atoms with Gasteiger partial charge < -0.3 is 25.8 Å². The maximum Gasteiger partial charge on any atom is 0.220 e. The van der Waals surface area contributed by atoms with Gasteiger partial charge in [-0.05, 0) is 49.6 Å². The normalized spacial score (nSPS) is 18.2. The van der Waals surface area contributed by atoms with Gasteiger partial charge in [0.15, 0.2) is 11.6 Å². The molecule has 46 heavy (non-hydrogen) atoms. The van der Waals surface area contributed by atoms with Crippen LogP contribution in [0.3, 0.4) is 0 Å². The first-order chi connectivity index (χ1) is 22.3. The zero-order chi connectivity index (χ0) is 32.2. The van der Waals surface area contributed by atoms with Crippen LogP contribution in [0, 0.1) is 12.7 Å². The lowest BCUT2D eigenvalue weighted by atomic mass is 10.0. The fraction of sp³-hybridized carbons (Fsp3) is 0.353. The number of benzene rings is 1. The molecule has 12 heteroatoms. The molecule has 0 saturated carbocycles. The number of likely N-dealkylation sites (tertiary alicyclic amines) is 1. The Balaban J connectivity index is 1.21. The van der Waals surface area contributed by atoms with E-state index in [2.05, 4.69) is 25.9 Å². The number of pyridine rings is 3. The molecule has 1 aromatic carbocycles. The molecule has 5 heterocycles. The minimum absolute atomic E-state index is 0.0916. The smallest absolute Gasteiger partial charge is 0.220 e. The van der Waals surface area contributed by atoms with Gasteiger partial charge in [0.25, 0.3) is 0 Å². The molecule has 2 saturated heterocycles. The molecule has 0 unspecified atom stereocenters. The average Bonchev–Trinajstić information content (AvgIpc) is 3.67. The number of carbonyl (C=O) groups excluding carboxylic acids is 1. The quantitative estimate of drug-likeness (QED) is 0.179. The van der Waals surface area contributed by atoms with E-state index in [0.717, 1.165) is 29.7 Å². The van der Waals surface area contributed by atoms with Gasteiger partial charge in [0.05, 0.1) is 29.6 Å².